The van der Waals surface area contributed by atoms with E-state index < -0.39 is 11.6 Å². The highest BCUT2D eigenvalue weighted by atomic mass is 19.1. The van der Waals surface area contributed by atoms with Crippen LogP contribution in [0, 0.1) is 11.6 Å². The number of pyridine rings is 1. The molecule has 26 heavy (non-hydrogen) atoms. The number of hydrogen-bond donors (Lipinski definition) is 1. The van der Waals surface area contributed by atoms with Crippen LogP contribution in [0.5, 0.6) is 5.75 Å². The third-order valence-electron chi connectivity index (χ3n) is 3.96. The van der Waals surface area contributed by atoms with Crippen LogP contribution in [0.2, 0.25) is 0 Å². The standard InChI is InChI=1S/C21H18F2N2O/c1-13(2)17-8-5-9-24-21(17)25-20-18(22)11-15(12-19(20)23)14-6-4-7-16(10-14)26-3/h4-12H,1H2,2-3H3,(H,24,25). The van der Waals surface area contributed by atoms with Crippen molar-refractivity contribution in [3.63, 3.8) is 0 Å². The van der Waals surface area contributed by atoms with Crippen molar-refractivity contribution in [3.8, 4) is 16.9 Å². The first-order chi connectivity index (χ1) is 12.5. The van der Waals surface area contributed by atoms with E-state index in [0.29, 0.717) is 28.3 Å². The van der Waals surface area contributed by atoms with Gasteiger partial charge in [0.1, 0.15) is 28.9 Å². The number of hydrogen-bond acceptors (Lipinski definition) is 3. The lowest BCUT2D eigenvalue weighted by atomic mass is 10.0. The Hall–Kier alpha value is -3.21. The first-order valence-corrected chi connectivity index (χ1v) is 8.01. The molecule has 0 radical (unpaired) electrons. The lowest BCUT2D eigenvalue weighted by Crippen LogP contribution is -2.02. The molecule has 3 rings (SSSR count). The molecule has 132 valence electrons. The summed E-state index contributed by atoms with van der Waals surface area (Å²) in [5, 5.41) is 2.75. The summed E-state index contributed by atoms with van der Waals surface area (Å²) in [6.07, 6.45) is 1.55. The maximum atomic E-state index is 14.6. The zero-order valence-electron chi connectivity index (χ0n) is 14.5. The molecule has 0 aliphatic carbocycles. The summed E-state index contributed by atoms with van der Waals surface area (Å²) in [6, 6.07) is 13.1. The normalized spacial score (nSPS) is 10.5. The molecule has 3 nitrogen and oxygen atoms in total. The molecule has 1 heterocycles. The van der Waals surface area contributed by atoms with Crippen LogP contribution >= 0.6 is 0 Å². The van der Waals surface area contributed by atoms with Crippen LogP contribution in [0.1, 0.15) is 12.5 Å². The molecule has 0 unspecified atom stereocenters. The van der Waals surface area contributed by atoms with Crippen LogP contribution in [0.15, 0.2) is 61.3 Å². The Balaban J connectivity index is 1.99. The van der Waals surface area contributed by atoms with Crippen LogP contribution in [0.25, 0.3) is 16.7 Å². The van der Waals surface area contributed by atoms with Gasteiger partial charge in [-0.25, -0.2) is 13.8 Å². The molecule has 0 fully saturated rings. The smallest absolute Gasteiger partial charge is 0.150 e. The number of benzene rings is 2. The second-order valence-corrected chi connectivity index (χ2v) is 5.85. The summed E-state index contributed by atoms with van der Waals surface area (Å²) in [4.78, 5) is 4.16. The van der Waals surface area contributed by atoms with E-state index >= 15 is 0 Å². The van der Waals surface area contributed by atoms with Crippen LogP contribution in [0.4, 0.5) is 20.3 Å². The van der Waals surface area contributed by atoms with Crippen molar-refractivity contribution in [2.75, 3.05) is 12.4 Å². The average molecular weight is 352 g/mol. The molecule has 0 bridgehead atoms. The molecule has 1 aromatic heterocycles. The largest absolute Gasteiger partial charge is 0.497 e. The fraction of sp³-hybridized carbons (Fsp3) is 0.0952. The van der Waals surface area contributed by atoms with Gasteiger partial charge >= 0.3 is 0 Å². The van der Waals surface area contributed by atoms with Crippen molar-refractivity contribution in [3.05, 3.63) is 78.5 Å². The van der Waals surface area contributed by atoms with Gasteiger partial charge < -0.3 is 10.1 Å². The summed E-state index contributed by atoms with van der Waals surface area (Å²) in [6.45, 7) is 5.67. The number of anilines is 2. The summed E-state index contributed by atoms with van der Waals surface area (Å²) in [5.74, 6) is -0.445. The molecule has 0 aliphatic heterocycles. The Morgan fingerprint density at radius 1 is 1.04 bits per heavy atom. The van der Waals surface area contributed by atoms with E-state index in [9.17, 15) is 8.78 Å². The minimum Gasteiger partial charge on any atom is -0.497 e. The third-order valence-corrected chi connectivity index (χ3v) is 3.96. The predicted molar refractivity (Wildman–Crippen MR) is 101 cm³/mol. The van der Waals surface area contributed by atoms with Gasteiger partial charge in [-0.1, -0.05) is 18.7 Å². The molecule has 3 aromatic rings. The predicted octanol–water partition coefficient (Wildman–Crippen LogP) is 5.81. The average Bonchev–Trinajstić information content (AvgIpc) is 2.64. The second-order valence-electron chi connectivity index (χ2n) is 5.85. The zero-order valence-corrected chi connectivity index (χ0v) is 14.5. The third kappa shape index (κ3) is 3.57. The second kappa shape index (κ2) is 7.35. The Kier molecular flexibility index (Phi) is 4.98. The summed E-state index contributed by atoms with van der Waals surface area (Å²) < 4.78 is 34.4. The number of methoxy groups -OCH3 is 1. The van der Waals surface area contributed by atoms with Gasteiger partial charge in [0.15, 0.2) is 0 Å². The lowest BCUT2D eigenvalue weighted by Gasteiger charge is -2.13. The number of ether oxygens (including phenoxy) is 1. The molecule has 1 N–H and O–H groups in total. The Bertz CT molecular complexity index is 947. The molecule has 0 spiro atoms. The van der Waals surface area contributed by atoms with Gasteiger partial charge in [0.25, 0.3) is 0 Å². The number of nitrogens with zero attached hydrogens (tertiary/aromatic N) is 1. The first-order valence-electron chi connectivity index (χ1n) is 8.01. The minimum absolute atomic E-state index is 0.252. The van der Waals surface area contributed by atoms with Gasteiger partial charge in [-0.15, -0.1) is 0 Å². The molecule has 0 saturated carbocycles. The van der Waals surface area contributed by atoms with E-state index in [1.165, 1.54) is 12.1 Å². The van der Waals surface area contributed by atoms with Gasteiger partial charge in [-0.2, -0.15) is 0 Å². The van der Waals surface area contributed by atoms with Crippen molar-refractivity contribution in [2.45, 2.75) is 6.92 Å². The summed E-state index contributed by atoms with van der Waals surface area (Å²) in [7, 11) is 1.54. The molecule has 0 atom stereocenters. The molecule has 2 aromatic carbocycles. The highest BCUT2D eigenvalue weighted by Crippen LogP contribution is 2.32. The van der Waals surface area contributed by atoms with Crippen molar-refractivity contribution >= 4 is 17.1 Å². The Labute approximate surface area is 151 Å². The number of halogens is 2. The molecule has 0 aliphatic rings. The molecule has 0 saturated heterocycles. The minimum atomic E-state index is -0.707. The van der Waals surface area contributed by atoms with Gasteiger partial charge in [-0.05, 0) is 60.0 Å². The SMILES string of the molecule is C=C(C)c1cccnc1Nc1c(F)cc(-c2cccc(OC)c2)cc1F. The Morgan fingerprint density at radius 2 is 1.77 bits per heavy atom. The van der Waals surface area contributed by atoms with E-state index in [1.54, 1.807) is 56.6 Å². The maximum absolute atomic E-state index is 14.6. The topological polar surface area (TPSA) is 34.2 Å². The number of rotatable bonds is 5. The lowest BCUT2D eigenvalue weighted by molar-refractivity contribution is 0.415. The van der Waals surface area contributed by atoms with Gasteiger partial charge in [0.2, 0.25) is 0 Å². The van der Waals surface area contributed by atoms with Crippen LogP contribution in [-0.2, 0) is 0 Å². The van der Waals surface area contributed by atoms with Crippen molar-refractivity contribution in [2.24, 2.45) is 0 Å². The molecular weight excluding hydrogens is 334 g/mol. The summed E-state index contributed by atoms with van der Waals surface area (Å²) in [5.41, 5.74) is 2.27. The number of nitrogens with one attached hydrogen (secondary N) is 1. The van der Waals surface area contributed by atoms with Gasteiger partial charge in [0.05, 0.1) is 7.11 Å². The van der Waals surface area contributed by atoms with E-state index in [0.717, 1.165) is 5.57 Å². The maximum Gasteiger partial charge on any atom is 0.150 e. The molecule has 5 heteroatoms. The number of allylic oxidation sites excluding steroid dienone is 1. The molecular formula is C21H18F2N2O. The number of aromatic nitrogens is 1. The van der Waals surface area contributed by atoms with Crippen LogP contribution < -0.4 is 10.1 Å². The fourth-order valence-corrected chi connectivity index (χ4v) is 2.63. The first kappa shape index (κ1) is 17.6. The highest BCUT2D eigenvalue weighted by Gasteiger charge is 2.15. The monoisotopic (exact) mass is 352 g/mol. The van der Waals surface area contributed by atoms with Crippen molar-refractivity contribution < 1.29 is 13.5 Å². The highest BCUT2D eigenvalue weighted by molar-refractivity contribution is 5.76. The van der Waals surface area contributed by atoms with E-state index in [2.05, 4.69) is 16.9 Å². The quantitative estimate of drug-likeness (QED) is 0.629. The van der Waals surface area contributed by atoms with Crippen molar-refractivity contribution in [1.29, 1.82) is 0 Å². The molecule has 0 amide bonds. The summed E-state index contributed by atoms with van der Waals surface area (Å²) >= 11 is 0. The van der Waals surface area contributed by atoms with E-state index in [-0.39, 0.29) is 5.69 Å². The van der Waals surface area contributed by atoms with Crippen molar-refractivity contribution in [1.82, 2.24) is 4.98 Å². The van der Waals surface area contributed by atoms with Crippen LogP contribution in [-0.4, -0.2) is 12.1 Å². The van der Waals surface area contributed by atoms with E-state index in [4.69, 9.17) is 4.74 Å². The van der Waals surface area contributed by atoms with Crippen LogP contribution in [0.3, 0.4) is 0 Å². The Morgan fingerprint density at radius 3 is 2.42 bits per heavy atom. The van der Waals surface area contributed by atoms with Gasteiger partial charge in [0, 0.05) is 11.8 Å². The fourth-order valence-electron chi connectivity index (χ4n) is 2.63. The zero-order chi connectivity index (χ0) is 18.7. The van der Waals surface area contributed by atoms with E-state index in [1.807, 2.05) is 0 Å². The van der Waals surface area contributed by atoms with Gasteiger partial charge in [-0.3, -0.25) is 0 Å².